The fourth-order valence-corrected chi connectivity index (χ4v) is 7.36. The molecule has 4 aromatic rings. The smallest absolute Gasteiger partial charge is 0.255 e. The highest BCUT2D eigenvalue weighted by molar-refractivity contribution is 6.03. The molecule has 1 aliphatic heterocycles. The van der Waals surface area contributed by atoms with Crippen LogP contribution in [-0.4, -0.2) is 95.9 Å². The van der Waals surface area contributed by atoms with E-state index in [1.165, 1.54) is 20.0 Å². The second-order valence-electron chi connectivity index (χ2n) is 16.5. The first-order valence-electron chi connectivity index (χ1n) is 20.6. The third-order valence-corrected chi connectivity index (χ3v) is 10.8. The predicted octanol–water partition coefficient (Wildman–Crippen LogP) is 2.48. The van der Waals surface area contributed by atoms with Crippen LogP contribution in [0.4, 0.5) is 5.69 Å². The zero-order chi connectivity index (χ0) is 46.2. The van der Waals surface area contributed by atoms with Crippen molar-refractivity contribution in [1.82, 2.24) is 31.2 Å². The highest BCUT2D eigenvalue weighted by Crippen LogP contribution is 2.39. The van der Waals surface area contributed by atoms with Gasteiger partial charge in [0.2, 0.25) is 23.6 Å². The quantitative estimate of drug-likeness (QED) is 0.0955. The summed E-state index contributed by atoms with van der Waals surface area (Å²) in [6.45, 7) is 9.35. The van der Waals surface area contributed by atoms with Crippen LogP contribution < -0.4 is 43.2 Å². The van der Waals surface area contributed by atoms with Gasteiger partial charge in [-0.3, -0.25) is 29.0 Å². The van der Waals surface area contributed by atoms with Crippen LogP contribution in [0.1, 0.15) is 72.9 Å². The Labute approximate surface area is 366 Å². The van der Waals surface area contributed by atoms with E-state index < -0.39 is 53.7 Å². The molecule has 1 aliphatic rings. The Morgan fingerprint density at radius 3 is 2.35 bits per heavy atom. The Kier molecular flexibility index (Phi) is 15.1. The van der Waals surface area contributed by atoms with E-state index >= 15 is 0 Å². The number of aryl methyl sites for hydroxylation is 1. The summed E-state index contributed by atoms with van der Waals surface area (Å²) in [5.41, 5.74) is 22.6. The van der Waals surface area contributed by atoms with E-state index in [0.717, 1.165) is 16.0 Å². The molecule has 3 aromatic carbocycles. The summed E-state index contributed by atoms with van der Waals surface area (Å²) in [5, 5.41) is 30.8. The molecule has 0 saturated heterocycles. The summed E-state index contributed by atoms with van der Waals surface area (Å²) in [4.78, 5) is 75.6. The summed E-state index contributed by atoms with van der Waals surface area (Å²) in [6.07, 6.45) is -0.0692. The van der Waals surface area contributed by atoms with Gasteiger partial charge in [-0.25, -0.2) is 0 Å². The van der Waals surface area contributed by atoms with Crippen molar-refractivity contribution in [2.24, 2.45) is 11.5 Å². The minimum absolute atomic E-state index is 0.0230. The maximum Gasteiger partial charge on any atom is 0.255 e. The maximum absolute atomic E-state index is 14.6. The number of phenols is 1. The molecule has 17 heteroatoms. The van der Waals surface area contributed by atoms with Gasteiger partial charge in [0.1, 0.15) is 48.8 Å². The highest BCUT2D eigenvalue weighted by Gasteiger charge is 2.36. The number of phenolic OH excluding ortho intramolecular Hbond substituents is 1. The number of anilines is 1. The van der Waals surface area contributed by atoms with Crippen LogP contribution in [0.2, 0.25) is 0 Å². The number of rotatable bonds is 12. The van der Waals surface area contributed by atoms with E-state index in [-0.39, 0.29) is 72.6 Å². The normalized spacial score (nSPS) is 16.9. The SMILES string of the molecule is Cc1nc(-c2ccc(C(C)(C)C)cc2)cc(N)c1C(=O)N[C@@H](CCN)C(=O)N(C)[C@@H]1C(=O)N[C@@H](C)C(=O)N[C@H](C(=O)NCC#N)Cc2ccc(O)c(c2)-c2cc1ccc2OCCN. The van der Waals surface area contributed by atoms with Crippen LogP contribution >= 0.6 is 0 Å². The number of nitrogen functional groups attached to an aromatic ring is 1. The van der Waals surface area contributed by atoms with Gasteiger partial charge in [0, 0.05) is 42.4 Å². The van der Waals surface area contributed by atoms with E-state index in [0.29, 0.717) is 28.3 Å². The van der Waals surface area contributed by atoms with Crippen LogP contribution in [0, 0.1) is 18.3 Å². The third kappa shape index (κ3) is 11.1. The number of aromatic nitrogens is 1. The number of fused-ring (bicyclic) bond motifs is 5. The summed E-state index contributed by atoms with van der Waals surface area (Å²) < 4.78 is 5.97. The molecule has 0 saturated carbocycles. The second kappa shape index (κ2) is 20.2. The van der Waals surface area contributed by atoms with Crippen molar-refractivity contribution in [2.45, 2.75) is 77.0 Å². The van der Waals surface area contributed by atoms with E-state index in [1.54, 1.807) is 43.3 Å². The van der Waals surface area contributed by atoms with Gasteiger partial charge in [-0.05, 0) is 79.3 Å². The van der Waals surface area contributed by atoms with Gasteiger partial charge in [0.05, 0.1) is 23.0 Å². The minimum atomic E-state index is -1.44. The number of nitrogens with two attached hydrogens (primary N) is 3. The topological polar surface area (TPSA) is 281 Å². The lowest BCUT2D eigenvalue weighted by molar-refractivity contribution is -0.141. The molecule has 0 aliphatic carbocycles. The number of hydrogen-bond acceptors (Lipinski definition) is 12. The molecule has 0 radical (unpaired) electrons. The zero-order valence-electron chi connectivity index (χ0n) is 36.4. The lowest BCUT2D eigenvalue weighted by Crippen LogP contribution is -2.56. The molecule has 0 spiro atoms. The second-order valence-corrected chi connectivity index (χ2v) is 16.5. The molecular weight excluding hydrogens is 805 g/mol. The molecular formula is C46H56N10O7. The maximum atomic E-state index is 14.6. The van der Waals surface area contributed by atoms with Crippen molar-refractivity contribution in [1.29, 1.82) is 5.26 Å². The van der Waals surface area contributed by atoms with Gasteiger partial charge in [0.15, 0.2) is 0 Å². The van der Waals surface area contributed by atoms with Gasteiger partial charge < -0.3 is 53.2 Å². The fourth-order valence-electron chi connectivity index (χ4n) is 7.36. The summed E-state index contributed by atoms with van der Waals surface area (Å²) in [5.74, 6) is -3.41. The number of hydrogen-bond donors (Lipinski definition) is 8. The van der Waals surface area contributed by atoms with Crippen LogP contribution in [0.15, 0.2) is 66.7 Å². The molecule has 2 heterocycles. The standard InChI is InChI=1S/C46H56N10O7/c1-25-39(33(50)24-35(52-25)28-8-11-30(12-9-28)46(3,4)5)43(60)54-34(15-16-47)45(62)56(6)40-29-10-14-38(63-20-18-49)32(23-29)31-21-27(7-13-37(31)57)22-36(42(59)51-19-17-48)55-41(58)26(2)53-44(40)61/h7-14,21,23-24,26,34,36,40,57H,15-16,18-20,22,47,49H2,1-6H3,(H2,50,52)(H,51,59)(H,53,61)(H,54,60)(H,55,58)/t26-,34-,36-,40-/m0/s1. The lowest BCUT2D eigenvalue weighted by Gasteiger charge is -2.32. The number of ether oxygens (including phenoxy) is 1. The number of amides is 5. The fraction of sp³-hybridized carbons (Fsp3) is 0.370. The van der Waals surface area contributed by atoms with E-state index in [2.05, 4.69) is 47.0 Å². The van der Waals surface area contributed by atoms with Gasteiger partial charge in [0.25, 0.3) is 5.91 Å². The number of pyridine rings is 1. The van der Waals surface area contributed by atoms with Crippen molar-refractivity contribution in [3.05, 3.63) is 94.7 Å². The Balaban J connectivity index is 1.53. The molecule has 1 aromatic heterocycles. The first-order valence-corrected chi connectivity index (χ1v) is 20.6. The van der Waals surface area contributed by atoms with Crippen molar-refractivity contribution in [2.75, 3.05) is 39.0 Å². The lowest BCUT2D eigenvalue weighted by atomic mass is 9.86. The summed E-state index contributed by atoms with van der Waals surface area (Å²) >= 11 is 0. The van der Waals surface area contributed by atoms with Crippen molar-refractivity contribution in [3.63, 3.8) is 0 Å². The third-order valence-electron chi connectivity index (χ3n) is 10.8. The van der Waals surface area contributed by atoms with E-state index in [1.807, 2.05) is 30.3 Å². The molecule has 4 atom stereocenters. The van der Waals surface area contributed by atoms with Gasteiger partial charge in [-0.15, -0.1) is 0 Å². The molecule has 332 valence electrons. The number of carbonyl (C=O) groups is 5. The largest absolute Gasteiger partial charge is 0.507 e. The predicted molar refractivity (Wildman–Crippen MR) is 238 cm³/mol. The number of nitrogens with one attached hydrogen (secondary N) is 4. The van der Waals surface area contributed by atoms with E-state index in [4.69, 9.17) is 27.2 Å². The Bertz CT molecular complexity index is 2380. The molecule has 0 fully saturated rings. The number of nitrogens with zero attached hydrogens (tertiary/aromatic N) is 3. The number of aromatic hydroxyl groups is 1. The highest BCUT2D eigenvalue weighted by atomic mass is 16.5. The van der Waals surface area contributed by atoms with E-state index in [9.17, 15) is 29.1 Å². The molecule has 0 unspecified atom stereocenters. The van der Waals surface area contributed by atoms with Crippen molar-refractivity contribution in [3.8, 4) is 40.0 Å². The van der Waals surface area contributed by atoms with Crippen LogP contribution in [0.25, 0.3) is 22.4 Å². The molecule has 4 bridgehead atoms. The van der Waals surface area contributed by atoms with Gasteiger partial charge in [-0.1, -0.05) is 57.2 Å². The molecule has 5 amide bonds. The summed E-state index contributed by atoms with van der Waals surface area (Å²) in [7, 11) is 1.38. The molecule has 11 N–H and O–H groups in total. The minimum Gasteiger partial charge on any atom is -0.507 e. The molecule has 5 rings (SSSR count). The number of carbonyl (C=O) groups excluding carboxylic acids is 5. The number of benzene rings is 3. The van der Waals surface area contributed by atoms with Gasteiger partial charge >= 0.3 is 0 Å². The summed E-state index contributed by atoms with van der Waals surface area (Å²) in [6, 6.07) is 15.6. The number of likely N-dealkylation sites (N-methyl/N-ethyl adjacent to an activating group) is 1. The van der Waals surface area contributed by atoms with Crippen molar-refractivity contribution < 1.29 is 33.8 Å². The Hall–Kier alpha value is -7.03. The average molecular weight is 861 g/mol. The van der Waals surface area contributed by atoms with Gasteiger partial charge in [-0.2, -0.15) is 5.26 Å². The Morgan fingerprint density at radius 1 is 1.00 bits per heavy atom. The van der Waals surface area contributed by atoms with Crippen molar-refractivity contribution >= 4 is 35.2 Å². The molecule has 17 nitrogen and oxygen atoms in total. The van der Waals surface area contributed by atoms with Crippen LogP contribution in [-0.2, 0) is 31.0 Å². The number of nitriles is 1. The average Bonchev–Trinajstić information content (AvgIpc) is 3.24. The molecule has 63 heavy (non-hydrogen) atoms. The first-order chi connectivity index (χ1) is 29.9. The van der Waals surface area contributed by atoms with Crippen LogP contribution in [0.5, 0.6) is 11.5 Å². The monoisotopic (exact) mass is 860 g/mol. The zero-order valence-corrected chi connectivity index (χ0v) is 36.4. The Morgan fingerprint density at radius 2 is 1.71 bits per heavy atom. The van der Waals surface area contributed by atoms with Crippen LogP contribution in [0.3, 0.4) is 0 Å². The first kappa shape index (κ1) is 47.0.